The maximum absolute atomic E-state index is 13.6. The molecule has 1 aliphatic carbocycles. The van der Waals surface area contributed by atoms with Crippen molar-refractivity contribution in [1.82, 2.24) is 10.5 Å². The van der Waals surface area contributed by atoms with Gasteiger partial charge in [-0.05, 0) is 43.0 Å². The number of hydroxylamine groups is 1. The zero-order chi connectivity index (χ0) is 17.1. The Morgan fingerprint density at radius 1 is 1.33 bits per heavy atom. The fraction of sp³-hybridized carbons (Fsp3) is 0.250. The van der Waals surface area contributed by atoms with Crippen LogP contribution >= 0.6 is 23.2 Å². The first-order chi connectivity index (χ1) is 11.5. The summed E-state index contributed by atoms with van der Waals surface area (Å²) in [6, 6.07) is 5.23. The lowest BCUT2D eigenvalue weighted by Gasteiger charge is -2.13. The third-order valence-corrected chi connectivity index (χ3v) is 3.96. The van der Waals surface area contributed by atoms with E-state index in [0.29, 0.717) is 17.5 Å². The van der Waals surface area contributed by atoms with E-state index in [4.69, 9.17) is 28.0 Å². The summed E-state index contributed by atoms with van der Waals surface area (Å²) in [6.07, 6.45) is 3.62. The molecular formula is C16H14Cl2FN3O2. The Hall–Kier alpha value is -1.89. The molecule has 0 bridgehead atoms. The van der Waals surface area contributed by atoms with Crippen molar-refractivity contribution in [2.75, 3.05) is 11.9 Å². The van der Waals surface area contributed by atoms with Crippen molar-refractivity contribution in [2.45, 2.75) is 12.8 Å². The number of rotatable bonds is 6. The number of nitrogens with zero attached hydrogens (tertiary/aromatic N) is 1. The minimum Gasteiger partial charge on any atom is -0.338 e. The second kappa shape index (κ2) is 7.34. The molecule has 1 amide bonds. The van der Waals surface area contributed by atoms with E-state index in [1.54, 1.807) is 0 Å². The first kappa shape index (κ1) is 17.0. The van der Waals surface area contributed by atoms with Crippen molar-refractivity contribution in [3.05, 3.63) is 51.9 Å². The SMILES string of the molecule is O=C(NOCC1CC1)c1ccc(F)cc1Nc1ncc(Cl)cc1Cl. The normalized spacial score (nSPS) is 13.6. The van der Waals surface area contributed by atoms with Crippen molar-refractivity contribution in [1.29, 1.82) is 0 Å². The Kier molecular flexibility index (Phi) is 5.18. The number of halogens is 3. The molecule has 1 saturated carbocycles. The summed E-state index contributed by atoms with van der Waals surface area (Å²) in [5, 5.41) is 3.47. The number of nitrogens with one attached hydrogen (secondary N) is 2. The molecule has 1 aromatic heterocycles. The fourth-order valence-corrected chi connectivity index (χ4v) is 2.44. The van der Waals surface area contributed by atoms with E-state index in [-0.39, 0.29) is 22.1 Å². The average molecular weight is 370 g/mol. The standard InChI is InChI=1S/C16H14Cl2FN3O2/c17-10-5-13(18)15(20-7-10)21-14-6-11(19)3-4-12(14)16(23)22-24-8-9-1-2-9/h3-7,9H,1-2,8H2,(H,20,21)(H,22,23). The third-order valence-electron chi connectivity index (χ3n) is 3.47. The van der Waals surface area contributed by atoms with Crippen LogP contribution in [0.1, 0.15) is 23.2 Å². The number of carbonyl (C=O) groups is 1. The van der Waals surface area contributed by atoms with Gasteiger partial charge in [0.2, 0.25) is 0 Å². The zero-order valence-corrected chi connectivity index (χ0v) is 14.0. The molecule has 2 aromatic rings. The maximum atomic E-state index is 13.6. The van der Waals surface area contributed by atoms with E-state index < -0.39 is 11.7 Å². The number of amides is 1. The number of hydrogen-bond acceptors (Lipinski definition) is 4. The molecule has 1 fully saturated rings. The lowest BCUT2D eigenvalue weighted by molar-refractivity contribution is 0.0271. The first-order valence-corrected chi connectivity index (χ1v) is 8.08. The van der Waals surface area contributed by atoms with Gasteiger partial charge in [0.15, 0.2) is 0 Å². The Labute approximate surface area is 148 Å². The lowest BCUT2D eigenvalue weighted by Crippen LogP contribution is -2.25. The van der Waals surface area contributed by atoms with Crippen LogP contribution in [0.4, 0.5) is 15.9 Å². The molecule has 1 heterocycles. The smallest absolute Gasteiger partial charge is 0.276 e. The summed E-state index contributed by atoms with van der Waals surface area (Å²) >= 11 is 11.8. The highest BCUT2D eigenvalue weighted by molar-refractivity contribution is 6.36. The molecule has 2 N–H and O–H groups in total. The van der Waals surface area contributed by atoms with Crippen LogP contribution in [0.25, 0.3) is 0 Å². The van der Waals surface area contributed by atoms with Gasteiger partial charge < -0.3 is 5.32 Å². The quantitative estimate of drug-likeness (QED) is 0.743. The van der Waals surface area contributed by atoms with E-state index in [1.807, 2.05) is 0 Å². The molecule has 0 unspecified atom stereocenters. The van der Waals surface area contributed by atoms with Gasteiger partial charge in [-0.15, -0.1) is 0 Å². The van der Waals surface area contributed by atoms with Gasteiger partial charge in [0.25, 0.3) is 5.91 Å². The van der Waals surface area contributed by atoms with Crippen LogP contribution in [0.5, 0.6) is 0 Å². The van der Waals surface area contributed by atoms with Gasteiger partial charge in [0, 0.05) is 6.20 Å². The zero-order valence-electron chi connectivity index (χ0n) is 12.5. The molecule has 0 aliphatic heterocycles. The maximum Gasteiger partial charge on any atom is 0.276 e. The van der Waals surface area contributed by atoms with Gasteiger partial charge in [-0.2, -0.15) is 0 Å². The highest BCUT2D eigenvalue weighted by atomic mass is 35.5. The monoisotopic (exact) mass is 369 g/mol. The number of carbonyl (C=O) groups excluding carboxylic acids is 1. The molecule has 24 heavy (non-hydrogen) atoms. The van der Waals surface area contributed by atoms with Crippen LogP contribution in [0.3, 0.4) is 0 Å². The minimum absolute atomic E-state index is 0.208. The van der Waals surface area contributed by atoms with Crippen molar-refractivity contribution < 1.29 is 14.0 Å². The van der Waals surface area contributed by atoms with Gasteiger partial charge in [0.1, 0.15) is 11.6 Å². The summed E-state index contributed by atoms with van der Waals surface area (Å²) in [4.78, 5) is 21.4. The van der Waals surface area contributed by atoms with E-state index >= 15 is 0 Å². The summed E-state index contributed by atoms with van der Waals surface area (Å²) in [5.74, 6) is -0.214. The molecule has 0 radical (unpaired) electrons. The van der Waals surface area contributed by atoms with Gasteiger partial charge in [-0.3, -0.25) is 9.63 Å². The Morgan fingerprint density at radius 3 is 2.83 bits per heavy atom. The second-order valence-corrected chi connectivity index (χ2v) is 6.33. The highest BCUT2D eigenvalue weighted by Gasteiger charge is 2.22. The van der Waals surface area contributed by atoms with Crippen LogP contribution in [0, 0.1) is 11.7 Å². The molecule has 8 heteroatoms. The largest absolute Gasteiger partial charge is 0.338 e. The predicted octanol–water partition coefficient (Wildman–Crippen LogP) is 4.34. The second-order valence-electron chi connectivity index (χ2n) is 5.48. The van der Waals surface area contributed by atoms with Gasteiger partial charge in [-0.1, -0.05) is 23.2 Å². The lowest BCUT2D eigenvalue weighted by atomic mass is 10.1. The minimum atomic E-state index is -0.502. The van der Waals surface area contributed by atoms with E-state index in [9.17, 15) is 9.18 Å². The summed E-state index contributed by atoms with van der Waals surface area (Å²) in [6.45, 7) is 0.472. The van der Waals surface area contributed by atoms with Crippen molar-refractivity contribution >= 4 is 40.6 Å². The molecule has 3 rings (SSSR count). The topological polar surface area (TPSA) is 63.2 Å². The summed E-state index contributed by atoms with van der Waals surface area (Å²) in [7, 11) is 0. The van der Waals surface area contributed by atoms with Crippen molar-refractivity contribution in [3.8, 4) is 0 Å². The molecule has 126 valence electrons. The summed E-state index contributed by atoms with van der Waals surface area (Å²) < 4.78 is 13.6. The molecular weight excluding hydrogens is 356 g/mol. The van der Waals surface area contributed by atoms with Crippen LogP contribution < -0.4 is 10.8 Å². The molecule has 0 spiro atoms. The van der Waals surface area contributed by atoms with E-state index in [2.05, 4.69) is 15.8 Å². The van der Waals surface area contributed by atoms with Crippen LogP contribution in [-0.2, 0) is 4.84 Å². The Balaban J connectivity index is 1.77. The Morgan fingerprint density at radius 2 is 2.12 bits per heavy atom. The molecule has 0 saturated heterocycles. The third kappa shape index (κ3) is 4.35. The average Bonchev–Trinajstić information content (AvgIpc) is 3.34. The highest BCUT2D eigenvalue weighted by Crippen LogP contribution is 2.29. The number of benzene rings is 1. The van der Waals surface area contributed by atoms with Gasteiger partial charge >= 0.3 is 0 Å². The van der Waals surface area contributed by atoms with Gasteiger partial charge in [-0.25, -0.2) is 14.9 Å². The summed E-state index contributed by atoms with van der Waals surface area (Å²) in [5.41, 5.74) is 2.79. The predicted molar refractivity (Wildman–Crippen MR) is 90.1 cm³/mol. The Bertz CT molecular complexity index is 769. The number of aromatic nitrogens is 1. The molecule has 1 aliphatic rings. The van der Waals surface area contributed by atoms with E-state index in [0.717, 1.165) is 12.8 Å². The number of hydrogen-bond donors (Lipinski definition) is 2. The van der Waals surface area contributed by atoms with E-state index in [1.165, 1.54) is 30.5 Å². The molecule has 5 nitrogen and oxygen atoms in total. The molecule has 1 aromatic carbocycles. The first-order valence-electron chi connectivity index (χ1n) is 7.32. The van der Waals surface area contributed by atoms with Crippen LogP contribution in [-0.4, -0.2) is 17.5 Å². The fourth-order valence-electron chi connectivity index (χ4n) is 2.02. The number of anilines is 2. The van der Waals surface area contributed by atoms with Crippen molar-refractivity contribution in [3.63, 3.8) is 0 Å². The molecule has 0 atom stereocenters. The number of pyridine rings is 1. The van der Waals surface area contributed by atoms with Crippen LogP contribution in [0.15, 0.2) is 30.5 Å². The van der Waals surface area contributed by atoms with Crippen LogP contribution in [0.2, 0.25) is 10.0 Å². The van der Waals surface area contributed by atoms with Gasteiger partial charge in [0.05, 0.1) is 27.9 Å². The van der Waals surface area contributed by atoms with Crippen molar-refractivity contribution in [2.24, 2.45) is 5.92 Å².